The molecule has 1 aromatic rings. The summed E-state index contributed by atoms with van der Waals surface area (Å²) in [6, 6.07) is 3.72. The molecule has 0 saturated heterocycles. The van der Waals surface area contributed by atoms with Crippen molar-refractivity contribution in [1.29, 1.82) is 0 Å². The van der Waals surface area contributed by atoms with Crippen LogP contribution in [0.4, 0.5) is 5.69 Å². The molecular weight excluding hydrogens is 214 g/mol. The van der Waals surface area contributed by atoms with Crippen molar-refractivity contribution < 1.29 is 4.79 Å². The highest BCUT2D eigenvalue weighted by Crippen LogP contribution is 2.06. The maximum Gasteiger partial charge on any atom is 0.270 e. The third-order valence-corrected chi connectivity index (χ3v) is 2.44. The molecule has 0 aliphatic heterocycles. The molecule has 0 aliphatic carbocycles. The van der Waals surface area contributed by atoms with Gasteiger partial charge in [0.2, 0.25) is 0 Å². The molecule has 92 valence electrons. The zero-order valence-electron chi connectivity index (χ0n) is 10.4. The van der Waals surface area contributed by atoms with Crippen LogP contribution in [0.1, 0.15) is 30.8 Å². The van der Waals surface area contributed by atoms with Gasteiger partial charge in [-0.05, 0) is 25.5 Å². The predicted molar refractivity (Wildman–Crippen MR) is 70.1 cm³/mol. The molecule has 1 atom stereocenters. The fraction of sp³-hybridized carbons (Fsp3) is 0.385. The minimum Gasteiger partial charge on any atom is -0.380 e. The first kappa shape index (κ1) is 13.2. The Balaban J connectivity index is 2.60. The fourth-order valence-corrected chi connectivity index (χ4v) is 1.22. The average Bonchev–Trinajstić information content (AvgIpc) is 2.36. The third kappa shape index (κ3) is 4.26. The Morgan fingerprint density at radius 1 is 1.59 bits per heavy atom. The number of carbonyl (C=O) groups excluding carboxylic acids is 1. The lowest BCUT2D eigenvalue weighted by atomic mass is 10.2. The van der Waals surface area contributed by atoms with Crippen LogP contribution >= 0.6 is 0 Å². The van der Waals surface area contributed by atoms with Crippen LogP contribution in [0.5, 0.6) is 0 Å². The molecule has 0 saturated carbocycles. The number of hydrogen-bond acceptors (Lipinski definition) is 3. The van der Waals surface area contributed by atoms with Crippen molar-refractivity contribution in [3.8, 4) is 0 Å². The number of nitrogens with zero attached hydrogens (tertiary/aromatic N) is 1. The second-order valence-electron chi connectivity index (χ2n) is 3.88. The predicted octanol–water partition coefficient (Wildman–Crippen LogP) is 2.21. The highest BCUT2D eigenvalue weighted by molar-refractivity contribution is 5.92. The van der Waals surface area contributed by atoms with Gasteiger partial charge >= 0.3 is 0 Å². The number of pyridine rings is 1. The van der Waals surface area contributed by atoms with Crippen LogP contribution in [0.2, 0.25) is 0 Å². The quantitative estimate of drug-likeness (QED) is 0.741. The standard InChI is InChI=1S/C13H19N3O/c1-4-8-14-11-6-7-12(15-9-11)13(17)16-10(3)5-2/h4,6-7,9-10,14H,1,5,8H2,2-3H3,(H,16,17). The third-order valence-electron chi connectivity index (χ3n) is 2.44. The summed E-state index contributed by atoms with van der Waals surface area (Å²) in [6.07, 6.45) is 4.32. The molecule has 1 unspecified atom stereocenters. The van der Waals surface area contributed by atoms with Crippen LogP contribution in [0.15, 0.2) is 31.0 Å². The number of carbonyl (C=O) groups is 1. The Kier molecular flexibility index (Phi) is 5.20. The fourth-order valence-electron chi connectivity index (χ4n) is 1.22. The minimum absolute atomic E-state index is 0.130. The molecule has 0 fully saturated rings. The van der Waals surface area contributed by atoms with Gasteiger partial charge in [0, 0.05) is 12.6 Å². The molecule has 0 radical (unpaired) electrons. The maximum absolute atomic E-state index is 11.7. The van der Waals surface area contributed by atoms with Gasteiger partial charge in [0.05, 0.1) is 11.9 Å². The molecular formula is C13H19N3O. The van der Waals surface area contributed by atoms with E-state index >= 15 is 0 Å². The van der Waals surface area contributed by atoms with Crippen molar-refractivity contribution in [3.63, 3.8) is 0 Å². The zero-order valence-corrected chi connectivity index (χ0v) is 10.4. The molecule has 0 aliphatic rings. The van der Waals surface area contributed by atoms with Gasteiger partial charge in [-0.2, -0.15) is 0 Å². The Hall–Kier alpha value is -1.84. The molecule has 4 heteroatoms. The zero-order chi connectivity index (χ0) is 12.7. The summed E-state index contributed by atoms with van der Waals surface area (Å²) in [5.41, 5.74) is 1.32. The number of nitrogens with one attached hydrogen (secondary N) is 2. The topological polar surface area (TPSA) is 54.0 Å². The van der Waals surface area contributed by atoms with Crippen molar-refractivity contribution >= 4 is 11.6 Å². The van der Waals surface area contributed by atoms with Crippen molar-refractivity contribution in [2.24, 2.45) is 0 Å². The van der Waals surface area contributed by atoms with Crippen molar-refractivity contribution in [1.82, 2.24) is 10.3 Å². The van der Waals surface area contributed by atoms with E-state index in [0.29, 0.717) is 12.2 Å². The average molecular weight is 233 g/mol. The van der Waals surface area contributed by atoms with Crippen molar-refractivity contribution in [2.75, 3.05) is 11.9 Å². The molecule has 1 rings (SSSR count). The molecule has 4 nitrogen and oxygen atoms in total. The monoisotopic (exact) mass is 233 g/mol. The summed E-state index contributed by atoms with van der Waals surface area (Å²) in [4.78, 5) is 15.8. The smallest absolute Gasteiger partial charge is 0.270 e. The van der Waals surface area contributed by atoms with Crippen molar-refractivity contribution in [2.45, 2.75) is 26.3 Å². The lowest BCUT2D eigenvalue weighted by Crippen LogP contribution is -2.32. The summed E-state index contributed by atoms with van der Waals surface area (Å²) in [7, 11) is 0. The maximum atomic E-state index is 11.7. The van der Waals surface area contributed by atoms with E-state index in [4.69, 9.17) is 0 Å². The van der Waals surface area contributed by atoms with E-state index in [-0.39, 0.29) is 11.9 Å². The molecule has 1 heterocycles. The molecule has 0 aromatic carbocycles. The highest BCUT2D eigenvalue weighted by Gasteiger charge is 2.09. The van der Waals surface area contributed by atoms with Crippen LogP contribution in [0.3, 0.4) is 0 Å². The lowest BCUT2D eigenvalue weighted by Gasteiger charge is -2.11. The molecule has 1 aromatic heterocycles. The Labute approximate surface area is 102 Å². The van der Waals surface area contributed by atoms with E-state index in [1.165, 1.54) is 0 Å². The van der Waals surface area contributed by atoms with E-state index in [1.807, 2.05) is 19.9 Å². The summed E-state index contributed by atoms with van der Waals surface area (Å²) >= 11 is 0. The van der Waals surface area contributed by atoms with Gasteiger partial charge in [0.25, 0.3) is 5.91 Å². The second-order valence-corrected chi connectivity index (χ2v) is 3.88. The Morgan fingerprint density at radius 3 is 2.88 bits per heavy atom. The van der Waals surface area contributed by atoms with E-state index in [9.17, 15) is 4.79 Å². The Morgan fingerprint density at radius 2 is 2.35 bits per heavy atom. The van der Waals surface area contributed by atoms with Gasteiger partial charge in [-0.1, -0.05) is 13.0 Å². The SMILES string of the molecule is C=CCNc1ccc(C(=O)NC(C)CC)nc1. The number of rotatable bonds is 6. The minimum atomic E-state index is -0.130. The first-order valence-electron chi connectivity index (χ1n) is 5.79. The van der Waals surface area contributed by atoms with E-state index in [1.54, 1.807) is 18.3 Å². The van der Waals surface area contributed by atoms with Gasteiger partial charge in [-0.25, -0.2) is 4.98 Å². The van der Waals surface area contributed by atoms with Crippen LogP contribution in [-0.2, 0) is 0 Å². The second kappa shape index (κ2) is 6.68. The highest BCUT2D eigenvalue weighted by atomic mass is 16.1. The lowest BCUT2D eigenvalue weighted by molar-refractivity contribution is 0.0934. The number of anilines is 1. The summed E-state index contributed by atoms with van der Waals surface area (Å²) in [6.45, 7) is 8.30. The molecule has 17 heavy (non-hydrogen) atoms. The first-order valence-corrected chi connectivity index (χ1v) is 5.79. The Bertz CT molecular complexity index is 373. The summed E-state index contributed by atoms with van der Waals surface area (Å²) < 4.78 is 0. The number of amides is 1. The van der Waals surface area contributed by atoms with Crippen LogP contribution in [0.25, 0.3) is 0 Å². The molecule has 1 amide bonds. The van der Waals surface area contributed by atoms with Gasteiger partial charge in [-0.3, -0.25) is 4.79 Å². The number of hydrogen-bond donors (Lipinski definition) is 2. The summed E-state index contributed by atoms with van der Waals surface area (Å²) in [5.74, 6) is -0.130. The molecule has 0 bridgehead atoms. The van der Waals surface area contributed by atoms with Crippen LogP contribution in [-0.4, -0.2) is 23.5 Å². The van der Waals surface area contributed by atoms with Gasteiger partial charge < -0.3 is 10.6 Å². The first-order chi connectivity index (χ1) is 8.17. The van der Waals surface area contributed by atoms with E-state index in [2.05, 4.69) is 22.2 Å². The van der Waals surface area contributed by atoms with E-state index < -0.39 is 0 Å². The van der Waals surface area contributed by atoms with E-state index in [0.717, 1.165) is 12.1 Å². The van der Waals surface area contributed by atoms with Gasteiger partial charge in [0.1, 0.15) is 5.69 Å². The van der Waals surface area contributed by atoms with Gasteiger partial charge in [-0.15, -0.1) is 6.58 Å². The van der Waals surface area contributed by atoms with Crippen molar-refractivity contribution in [3.05, 3.63) is 36.7 Å². The van der Waals surface area contributed by atoms with Gasteiger partial charge in [0.15, 0.2) is 0 Å². The van der Waals surface area contributed by atoms with Crippen LogP contribution in [0, 0.1) is 0 Å². The molecule has 2 N–H and O–H groups in total. The normalized spacial score (nSPS) is 11.6. The van der Waals surface area contributed by atoms with Crippen LogP contribution < -0.4 is 10.6 Å². The summed E-state index contributed by atoms with van der Waals surface area (Å²) in [5, 5.41) is 5.97. The number of aromatic nitrogens is 1. The molecule has 0 spiro atoms. The largest absolute Gasteiger partial charge is 0.380 e.